The molecule has 0 saturated carbocycles. The average Bonchev–Trinajstić information content (AvgIpc) is 3.81. The molecule has 0 spiro atoms. The monoisotopic (exact) mass is 742 g/mol. The van der Waals surface area contributed by atoms with Gasteiger partial charge in [0.2, 0.25) is 0 Å². The van der Waals surface area contributed by atoms with E-state index in [0.29, 0.717) is 0 Å². The molecule has 0 unspecified atom stereocenters. The van der Waals surface area contributed by atoms with Gasteiger partial charge in [-0.3, -0.25) is 0 Å². The van der Waals surface area contributed by atoms with E-state index in [1.165, 1.54) is 81.2 Å². The molecule has 11 aromatic rings. The molecule has 0 amide bonds. The van der Waals surface area contributed by atoms with Crippen LogP contribution in [-0.2, 0) is 0 Å². The van der Waals surface area contributed by atoms with Gasteiger partial charge in [-0.1, -0.05) is 182 Å². The Morgan fingerprint density at radius 2 is 0.649 bits per heavy atom. The van der Waals surface area contributed by atoms with E-state index < -0.39 is 8.07 Å². The lowest BCUT2D eigenvalue weighted by atomic mass is 10.1. The molecule has 0 radical (unpaired) electrons. The molecule has 0 saturated heterocycles. The fourth-order valence-corrected chi connectivity index (χ4v) is 14.2. The van der Waals surface area contributed by atoms with Crippen LogP contribution in [0.25, 0.3) is 66.1 Å². The van der Waals surface area contributed by atoms with Gasteiger partial charge in [0.1, 0.15) is 0 Å². The standard InChI is InChI=1S/C54H38N2Si/c1-4-18-43(19-5-1)57(44-20-6-2-7-21-44,45-22-8-3-9-23-45)46-24-16-17-40(37-46)39-31-33-41(34-32-39)55-53-30-15-12-27-49(53)50-38-42(35-36-54(50)55)56-51-28-13-10-25-47(51)48-26-11-14-29-52(48)56/h1-38H. The molecule has 2 aromatic heterocycles. The number of aromatic nitrogens is 2. The van der Waals surface area contributed by atoms with Gasteiger partial charge in [-0.25, -0.2) is 0 Å². The summed E-state index contributed by atoms with van der Waals surface area (Å²) in [7, 11) is -2.64. The van der Waals surface area contributed by atoms with E-state index in [4.69, 9.17) is 0 Å². The van der Waals surface area contributed by atoms with E-state index in [2.05, 4.69) is 240 Å². The quantitative estimate of drug-likeness (QED) is 0.114. The molecule has 0 aliphatic heterocycles. The topological polar surface area (TPSA) is 9.86 Å². The van der Waals surface area contributed by atoms with Crippen molar-refractivity contribution < 1.29 is 0 Å². The Kier molecular flexibility index (Phi) is 7.87. The number of benzene rings is 9. The molecule has 2 nitrogen and oxygen atoms in total. The van der Waals surface area contributed by atoms with Gasteiger partial charge in [-0.15, -0.1) is 0 Å². The minimum Gasteiger partial charge on any atom is -0.309 e. The minimum absolute atomic E-state index is 1.15. The zero-order valence-corrected chi connectivity index (χ0v) is 32.3. The summed E-state index contributed by atoms with van der Waals surface area (Å²) < 4.78 is 4.82. The summed E-state index contributed by atoms with van der Waals surface area (Å²) in [5.41, 5.74) is 9.57. The van der Waals surface area contributed by atoms with E-state index in [9.17, 15) is 0 Å². The third-order valence-corrected chi connectivity index (χ3v) is 16.6. The van der Waals surface area contributed by atoms with Gasteiger partial charge >= 0.3 is 0 Å². The highest BCUT2D eigenvalue weighted by molar-refractivity contribution is 7.19. The van der Waals surface area contributed by atoms with E-state index in [-0.39, 0.29) is 0 Å². The summed E-state index contributed by atoms with van der Waals surface area (Å²) in [5.74, 6) is 0. The summed E-state index contributed by atoms with van der Waals surface area (Å²) in [6, 6.07) is 85.1. The van der Waals surface area contributed by atoms with Crippen LogP contribution in [0.2, 0.25) is 0 Å². The molecule has 0 bridgehead atoms. The van der Waals surface area contributed by atoms with Gasteiger partial charge in [-0.05, 0) is 80.4 Å². The number of hydrogen-bond acceptors (Lipinski definition) is 0. The predicted molar refractivity (Wildman–Crippen MR) is 244 cm³/mol. The van der Waals surface area contributed by atoms with Crippen molar-refractivity contribution in [1.29, 1.82) is 0 Å². The van der Waals surface area contributed by atoms with E-state index >= 15 is 0 Å². The van der Waals surface area contributed by atoms with Gasteiger partial charge in [0.25, 0.3) is 0 Å². The minimum atomic E-state index is -2.64. The van der Waals surface area contributed by atoms with Gasteiger partial charge in [-0.2, -0.15) is 0 Å². The third kappa shape index (κ3) is 5.24. The number of fused-ring (bicyclic) bond motifs is 6. The van der Waals surface area contributed by atoms with Crippen molar-refractivity contribution >= 4 is 72.4 Å². The Morgan fingerprint density at radius 3 is 1.18 bits per heavy atom. The lowest BCUT2D eigenvalue weighted by Crippen LogP contribution is -2.74. The molecular formula is C54H38N2Si. The molecule has 0 fully saturated rings. The lowest BCUT2D eigenvalue weighted by molar-refractivity contribution is 1.17. The molecule has 11 rings (SSSR count). The van der Waals surface area contributed by atoms with Crippen LogP contribution >= 0.6 is 0 Å². The highest BCUT2D eigenvalue weighted by Gasteiger charge is 2.41. The van der Waals surface area contributed by atoms with Gasteiger partial charge in [0.05, 0.1) is 22.1 Å². The van der Waals surface area contributed by atoms with Crippen molar-refractivity contribution in [2.24, 2.45) is 0 Å². The SMILES string of the molecule is c1ccc([Si](c2ccccc2)(c2ccccc2)c2cccc(-c3ccc(-n4c5ccccc5c5cc(-n6c7ccccc7c7ccccc76)ccc54)cc3)c2)cc1. The van der Waals surface area contributed by atoms with Crippen LogP contribution in [0.3, 0.4) is 0 Å². The zero-order valence-electron chi connectivity index (χ0n) is 31.3. The maximum Gasteiger partial charge on any atom is 0.179 e. The smallest absolute Gasteiger partial charge is 0.179 e. The first kappa shape index (κ1) is 33.2. The number of nitrogens with zero attached hydrogens (tertiary/aromatic N) is 2. The first-order valence-electron chi connectivity index (χ1n) is 19.7. The second-order valence-corrected chi connectivity index (χ2v) is 18.7. The van der Waals surface area contributed by atoms with Crippen molar-refractivity contribution in [2.75, 3.05) is 0 Å². The molecular weight excluding hydrogens is 705 g/mol. The average molecular weight is 743 g/mol. The Hall–Kier alpha value is -7.20. The molecule has 9 aromatic carbocycles. The summed E-state index contributed by atoms with van der Waals surface area (Å²) >= 11 is 0. The molecule has 0 atom stereocenters. The summed E-state index contributed by atoms with van der Waals surface area (Å²) in [5, 5.41) is 10.5. The third-order valence-electron chi connectivity index (χ3n) is 11.9. The van der Waals surface area contributed by atoms with Crippen molar-refractivity contribution in [1.82, 2.24) is 9.13 Å². The Morgan fingerprint density at radius 1 is 0.246 bits per heavy atom. The van der Waals surface area contributed by atoms with Crippen molar-refractivity contribution in [3.63, 3.8) is 0 Å². The number of para-hydroxylation sites is 3. The maximum atomic E-state index is 2.45. The molecule has 0 aliphatic rings. The van der Waals surface area contributed by atoms with Crippen LogP contribution in [0.15, 0.2) is 231 Å². The van der Waals surface area contributed by atoms with Crippen molar-refractivity contribution in [2.45, 2.75) is 0 Å². The summed E-state index contributed by atoms with van der Waals surface area (Å²) in [4.78, 5) is 0. The van der Waals surface area contributed by atoms with E-state index in [0.717, 1.165) is 5.69 Å². The Balaban J connectivity index is 1.04. The fourth-order valence-electron chi connectivity index (χ4n) is 9.38. The van der Waals surface area contributed by atoms with Gasteiger partial charge < -0.3 is 9.13 Å². The first-order valence-corrected chi connectivity index (χ1v) is 21.7. The first-order chi connectivity index (χ1) is 28.3. The lowest BCUT2D eigenvalue weighted by Gasteiger charge is -2.34. The second-order valence-electron chi connectivity index (χ2n) is 14.9. The van der Waals surface area contributed by atoms with E-state index in [1.54, 1.807) is 0 Å². The summed E-state index contributed by atoms with van der Waals surface area (Å²) in [6.07, 6.45) is 0. The van der Waals surface area contributed by atoms with Gasteiger partial charge in [0, 0.05) is 32.9 Å². The van der Waals surface area contributed by atoms with Gasteiger partial charge in [0.15, 0.2) is 8.07 Å². The van der Waals surface area contributed by atoms with Crippen molar-refractivity contribution in [3.05, 3.63) is 231 Å². The molecule has 0 N–H and O–H groups in total. The normalized spacial score (nSPS) is 11.9. The van der Waals surface area contributed by atoms with E-state index in [1.807, 2.05) is 0 Å². The largest absolute Gasteiger partial charge is 0.309 e. The molecule has 0 aliphatic carbocycles. The van der Waals surface area contributed by atoms with Crippen LogP contribution in [0.1, 0.15) is 0 Å². The van der Waals surface area contributed by atoms with Crippen LogP contribution < -0.4 is 20.7 Å². The maximum absolute atomic E-state index is 2.64. The highest BCUT2D eigenvalue weighted by atomic mass is 28.3. The fraction of sp³-hybridized carbons (Fsp3) is 0. The number of rotatable bonds is 7. The molecule has 3 heteroatoms. The molecule has 268 valence electrons. The highest BCUT2D eigenvalue weighted by Crippen LogP contribution is 2.37. The van der Waals surface area contributed by atoms with Crippen LogP contribution in [0, 0.1) is 0 Å². The number of hydrogen-bond donors (Lipinski definition) is 0. The molecule has 2 heterocycles. The Labute approximate surface area is 333 Å². The second kappa shape index (κ2) is 13.5. The zero-order chi connectivity index (χ0) is 37.8. The Bertz CT molecular complexity index is 3070. The predicted octanol–water partition coefficient (Wildman–Crippen LogP) is 10.9. The summed E-state index contributed by atoms with van der Waals surface area (Å²) in [6.45, 7) is 0. The molecule has 57 heavy (non-hydrogen) atoms. The van der Waals surface area contributed by atoms with Crippen LogP contribution in [0.5, 0.6) is 0 Å². The van der Waals surface area contributed by atoms with Crippen LogP contribution in [0.4, 0.5) is 0 Å². The van der Waals surface area contributed by atoms with Crippen LogP contribution in [-0.4, -0.2) is 17.2 Å². The van der Waals surface area contributed by atoms with Crippen molar-refractivity contribution in [3.8, 4) is 22.5 Å².